The molecule has 0 atom stereocenters. The van der Waals surface area contributed by atoms with Gasteiger partial charge >= 0.3 is 0 Å². The molecule has 0 saturated carbocycles. The van der Waals surface area contributed by atoms with E-state index in [-0.39, 0.29) is 5.78 Å². The Morgan fingerprint density at radius 2 is 1.44 bits per heavy atom. The van der Waals surface area contributed by atoms with Crippen LogP contribution in [0, 0.1) is 0 Å². The third-order valence-corrected chi connectivity index (χ3v) is 2.36. The molecule has 0 aromatic heterocycles. The molecule has 18 heavy (non-hydrogen) atoms. The summed E-state index contributed by atoms with van der Waals surface area (Å²) in [6, 6.07) is 18.8. The van der Waals surface area contributed by atoms with Gasteiger partial charge in [0.1, 0.15) is 11.5 Å². The minimum atomic E-state index is 0.258. The van der Waals surface area contributed by atoms with Gasteiger partial charge in [-0.15, -0.1) is 0 Å². The van der Waals surface area contributed by atoms with Crippen molar-refractivity contribution in [3.63, 3.8) is 0 Å². The molecule has 0 aliphatic carbocycles. The molecule has 2 rings (SSSR count). The first-order chi connectivity index (χ1) is 8.68. The Morgan fingerprint density at radius 1 is 0.944 bits per heavy atom. The van der Waals surface area contributed by atoms with E-state index in [9.17, 15) is 4.79 Å². The SMILES string of the molecule is CC(=O)CCc1ccccc1.Oc1ccccc1. The highest BCUT2D eigenvalue weighted by Crippen LogP contribution is 2.03. The molecule has 0 radical (unpaired) electrons. The topological polar surface area (TPSA) is 37.3 Å². The van der Waals surface area contributed by atoms with Crippen molar-refractivity contribution in [2.45, 2.75) is 19.8 Å². The average Bonchev–Trinajstić information content (AvgIpc) is 2.39. The number of carbonyl (C=O) groups is 1. The Morgan fingerprint density at radius 3 is 1.83 bits per heavy atom. The Hall–Kier alpha value is -2.09. The zero-order valence-corrected chi connectivity index (χ0v) is 10.5. The van der Waals surface area contributed by atoms with Gasteiger partial charge in [-0.25, -0.2) is 0 Å². The molecule has 0 unspecified atom stereocenters. The number of benzene rings is 2. The Labute approximate surface area is 108 Å². The van der Waals surface area contributed by atoms with Crippen LogP contribution in [0.25, 0.3) is 0 Å². The molecule has 2 aromatic rings. The number of aromatic hydroxyl groups is 1. The quantitative estimate of drug-likeness (QED) is 0.892. The van der Waals surface area contributed by atoms with Gasteiger partial charge in [-0.1, -0.05) is 48.5 Å². The minimum Gasteiger partial charge on any atom is -0.508 e. The van der Waals surface area contributed by atoms with Gasteiger partial charge in [0.25, 0.3) is 0 Å². The number of Topliss-reactive ketones (excluding diaryl/α,β-unsaturated/α-hetero) is 1. The second-order valence-electron chi connectivity index (χ2n) is 4.02. The molecule has 94 valence electrons. The van der Waals surface area contributed by atoms with E-state index in [1.807, 2.05) is 36.4 Å². The molecule has 0 fully saturated rings. The van der Waals surface area contributed by atoms with Crippen LogP contribution in [0.15, 0.2) is 60.7 Å². The number of hydrogen-bond acceptors (Lipinski definition) is 2. The van der Waals surface area contributed by atoms with Gasteiger partial charge in [-0.2, -0.15) is 0 Å². The van der Waals surface area contributed by atoms with Crippen molar-refractivity contribution in [1.29, 1.82) is 0 Å². The first kappa shape index (κ1) is 14.0. The number of rotatable bonds is 3. The molecule has 0 aliphatic heterocycles. The first-order valence-corrected chi connectivity index (χ1v) is 5.96. The van der Waals surface area contributed by atoms with E-state index in [0.717, 1.165) is 6.42 Å². The predicted octanol–water partition coefficient (Wildman–Crippen LogP) is 3.60. The molecule has 0 saturated heterocycles. The Balaban J connectivity index is 0.000000199. The lowest BCUT2D eigenvalue weighted by Crippen LogP contribution is -1.92. The van der Waals surface area contributed by atoms with Crippen LogP contribution in [0.2, 0.25) is 0 Å². The third-order valence-electron chi connectivity index (χ3n) is 2.36. The van der Waals surface area contributed by atoms with Gasteiger partial charge in [-0.05, 0) is 31.0 Å². The Kier molecular flexibility index (Phi) is 6.26. The molecule has 0 aliphatic rings. The lowest BCUT2D eigenvalue weighted by molar-refractivity contribution is -0.116. The number of carbonyl (C=O) groups excluding carboxylic acids is 1. The van der Waals surface area contributed by atoms with Gasteiger partial charge in [-0.3, -0.25) is 0 Å². The molecule has 0 amide bonds. The van der Waals surface area contributed by atoms with Gasteiger partial charge in [0.05, 0.1) is 0 Å². The van der Waals surface area contributed by atoms with E-state index in [1.165, 1.54) is 5.56 Å². The predicted molar refractivity (Wildman–Crippen MR) is 73.6 cm³/mol. The molecule has 2 aromatic carbocycles. The largest absolute Gasteiger partial charge is 0.508 e. The molecule has 1 N–H and O–H groups in total. The van der Waals surface area contributed by atoms with Crippen molar-refractivity contribution in [3.8, 4) is 5.75 Å². The van der Waals surface area contributed by atoms with Crippen LogP contribution in [0.5, 0.6) is 5.75 Å². The highest BCUT2D eigenvalue weighted by Gasteiger charge is 1.94. The van der Waals surface area contributed by atoms with Crippen LogP contribution in [0.4, 0.5) is 0 Å². The van der Waals surface area contributed by atoms with E-state index >= 15 is 0 Å². The standard InChI is InChI=1S/C10H12O.C6H6O/c1-9(11)7-8-10-5-3-2-4-6-10;7-6-4-2-1-3-5-6/h2-6H,7-8H2,1H3;1-5,7H. The summed E-state index contributed by atoms with van der Waals surface area (Å²) in [4.78, 5) is 10.6. The Bertz CT molecular complexity index is 449. The number of aryl methyl sites for hydroxylation is 1. The van der Waals surface area contributed by atoms with Crippen LogP contribution in [-0.2, 0) is 11.2 Å². The molecule has 0 spiro atoms. The highest BCUT2D eigenvalue weighted by atomic mass is 16.3. The van der Waals surface area contributed by atoms with Crippen LogP contribution in [-0.4, -0.2) is 10.9 Å². The molecular weight excluding hydrogens is 224 g/mol. The lowest BCUT2D eigenvalue weighted by atomic mass is 10.1. The smallest absolute Gasteiger partial charge is 0.130 e. The molecule has 0 bridgehead atoms. The molecule has 2 heteroatoms. The second-order valence-corrected chi connectivity index (χ2v) is 4.02. The maximum atomic E-state index is 10.6. The molecule has 0 heterocycles. The van der Waals surface area contributed by atoms with Crippen LogP contribution in [0.3, 0.4) is 0 Å². The van der Waals surface area contributed by atoms with Crippen molar-refractivity contribution in [2.24, 2.45) is 0 Å². The summed E-state index contributed by atoms with van der Waals surface area (Å²) in [5.41, 5.74) is 1.24. The van der Waals surface area contributed by atoms with Gasteiger partial charge < -0.3 is 9.90 Å². The van der Waals surface area contributed by atoms with E-state index in [1.54, 1.807) is 31.2 Å². The average molecular weight is 242 g/mol. The summed E-state index contributed by atoms with van der Waals surface area (Å²) in [6.07, 6.45) is 1.53. The van der Waals surface area contributed by atoms with E-state index in [4.69, 9.17) is 5.11 Å². The maximum Gasteiger partial charge on any atom is 0.130 e. The summed E-state index contributed by atoms with van der Waals surface area (Å²) in [6.45, 7) is 1.63. The summed E-state index contributed by atoms with van der Waals surface area (Å²) in [5.74, 6) is 0.580. The van der Waals surface area contributed by atoms with Crippen molar-refractivity contribution < 1.29 is 9.90 Å². The summed E-state index contributed by atoms with van der Waals surface area (Å²) in [5, 5.41) is 8.63. The maximum absolute atomic E-state index is 10.6. The van der Waals surface area contributed by atoms with Crippen LogP contribution < -0.4 is 0 Å². The van der Waals surface area contributed by atoms with Crippen molar-refractivity contribution in [2.75, 3.05) is 0 Å². The van der Waals surface area contributed by atoms with Crippen LogP contribution >= 0.6 is 0 Å². The van der Waals surface area contributed by atoms with Gasteiger partial charge in [0, 0.05) is 6.42 Å². The number of phenolic OH excluding ortho intramolecular Hbond substituents is 1. The lowest BCUT2D eigenvalue weighted by Gasteiger charge is -1.96. The number of phenols is 1. The van der Waals surface area contributed by atoms with Crippen molar-refractivity contribution in [1.82, 2.24) is 0 Å². The first-order valence-electron chi connectivity index (χ1n) is 5.96. The zero-order chi connectivity index (χ0) is 13.2. The van der Waals surface area contributed by atoms with E-state index in [2.05, 4.69) is 0 Å². The molecule has 2 nitrogen and oxygen atoms in total. The van der Waals surface area contributed by atoms with Crippen LogP contribution in [0.1, 0.15) is 18.9 Å². The zero-order valence-electron chi connectivity index (χ0n) is 10.5. The van der Waals surface area contributed by atoms with E-state index < -0.39 is 0 Å². The molecular formula is C16H18O2. The number of ketones is 1. The van der Waals surface area contributed by atoms with E-state index in [0.29, 0.717) is 12.2 Å². The summed E-state index contributed by atoms with van der Waals surface area (Å²) < 4.78 is 0. The second kappa shape index (κ2) is 8.07. The number of para-hydroxylation sites is 1. The number of hydrogen-bond donors (Lipinski definition) is 1. The fraction of sp³-hybridized carbons (Fsp3) is 0.188. The monoisotopic (exact) mass is 242 g/mol. The van der Waals surface area contributed by atoms with Crippen molar-refractivity contribution in [3.05, 3.63) is 66.2 Å². The fourth-order valence-electron chi connectivity index (χ4n) is 1.39. The third kappa shape index (κ3) is 6.48. The van der Waals surface area contributed by atoms with Gasteiger partial charge in [0.2, 0.25) is 0 Å². The normalized spacial score (nSPS) is 9.17. The highest BCUT2D eigenvalue weighted by molar-refractivity contribution is 5.75. The minimum absolute atomic E-state index is 0.258. The summed E-state index contributed by atoms with van der Waals surface area (Å²) >= 11 is 0. The van der Waals surface area contributed by atoms with Crippen molar-refractivity contribution >= 4 is 5.78 Å². The van der Waals surface area contributed by atoms with Gasteiger partial charge in [0.15, 0.2) is 0 Å². The fourth-order valence-corrected chi connectivity index (χ4v) is 1.39. The summed E-state index contributed by atoms with van der Waals surface area (Å²) in [7, 11) is 0.